The average molecular weight is 333 g/mol. The van der Waals surface area contributed by atoms with Crippen molar-refractivity contribution in [2.24, 2.45) is 0 Å². The molecule has 0 spiro atoms. The van der Waals surface area contributed by atoms with Gasteiger partial charge < -0.3 is 5.32 Å². The number of rotatable bonds is 4. The fourth-order valence-electron chi connectivity index (χ4n) is 2.86. The summed E-state index contributed by atoms with van der Waals surface area (Å²) >= 11 is 0. The van der Waals surface area contributed by atoms with Gasteiger partial charge in [-0.15, -0.1) is 0 Å². The van der Waals surface area contributed by atoms with Crippen LogP contribution >= 0.6 is 0 Å². The maximum absolute atomic E-state index is 14.0. The van der Waals surface area contributed by atoms with Gasteiger partial charge in [0.05, 0.1) is 0 Å². The summed E-state index contributed by atoms with van der Waals surface area (Å²) in [7, 11) is 0. The number of aromatic amines is 1. The molecule has 2 heterocycles. The van der Waals surface area contributed by atoms with E-state index in [4.69, 9.17) is 0 Å². The predicted octanol–water partition coefficient (Wildman–Crippen LogP) is 4.08. The Morgan fingerprint density at radius 1 is 1.12 bits per heavy atom. The standard InChI is InChI=1S/C19H16FN5/c1-12-8-17(15-6-3-7-16(20)18(15)24-12)21-10-13-4-2-5-14(9-13)19-22-11-23-25-19/h2-9,11H,10H2,1H3,(H,21,24)(H,22,23,25). The van der Waals surface area contributed by atoms with Crippen molar-refractivity contribution in [3.05, 3.63) is 71.9 Å². The number of halogens is 1. The summed E-state index contributed by atoms with van der Waals surface area (Å²) in [6, 6.07) is 15.0. The smallest absolute Gasteiger partial charge is 0.155 e. The minimum atomic E-state index is -0.309. The number of nitrogens with zero attached hydrogens (tertiary/aromatic N) is 3. The molecule has 0 unspecified atom stereocenters. The molecule has 0 fully saturated rings. The Bertz CT molecular complexity index is 1030. The van der Waals surface area contributed by atoms with Gasteiger partial charge in [0.15, 0.2) is 5.82 Å². The van der Waals surface area contributed by atoms with E-state index in [1.54, 1.807) is 6.07 Å². The molecular weight excluding hydrogens is 317 g/mol. The highest BCUT2D eigenvalue weighted by molar-refractivity contribution is 5.91. The number of anilines is 1. The van der Waals surface area contributed by atoms with E-state index in [-0.39, 0.29) is 5.82 Å². The number of hydrogen-bond donors (Lipinski definition) is 2. The first kappa shape index (κ1) is 15.3. The summed E-state index contributed by atoms with van der Waals surface area (Å²) in [6.45, 7) is 2.47. The summed E-state index contributed by atoms with van der Waals surface area (Å²) in [5, 5.41) is 10.9. The molecule has 4 rings (SSSR count). The number of aromatic nitrogens is 4. The van der Waals surface area contributed by atoms with Gasteiger partial charge in [-0.05, 0) is 30.7 Å². The lowest BCUT2D eigenvalue weighted by molar-refractivity contribution is 0.636. The van der Waals surface area contributed by atoms with Crippen LogP contribution < -0.4 is 5.32 Å². The summed E-state index contributed by atoms with van der Waals surface area (Å²) in [5.41, 5.74) is 4.09. The van der Waals surface area contributed by atoms with Crippen molar-refractivity contribution in [1.82, 2.24) is 20.2 Å². The topological polar surface area (TPSA) is 66.5 Å². The van der Waals surface area contributed by atoms with Gasteiger partial charge in [0.1, 0.15) is 17.7 Å². The average Bonchev–Trinajstić information content (AvgIpc) is 3.15. The summed E-state index contributed by atoms with van der Waals surface area (Å²) in [6.07, 6.45) is 1.49. The molecule has 2 N–H and O–H groups in total. The molecule has 0 saturated heterocycles. The number of hydrogen-bond acceptors (Lipinski definition) is 4. The van der Waals surface area contributed by atoms with Crippen LogP contribution in [-0.2, 0) is 6.54 Å². The molecule has 6 heteroatoms. The number of benzene rings is 2. The third-order valence-electron chi connectivity index (χ3n) is 4.02. The van der Waals surface area contributed by atoms with Crippen LogP contribution in [0.3, 0.4) is 0 Å². The predicted molar refractivity (Wildman–Crippen MR) is 95.6 cm³/mol. The van der Waals surface area contributed by atoms with Crippen molar-refractivity contribution in [3.63, 3.8) is 0 Å². The molecule has 4 aromatic rings. The highest BCUT2D eigenvalue weighted by Crippen LogP contribution is 2.26. The highest BCUT2D eigenvalue weighted by atomic mass is 19.1. The van der Waals surface area contributed by atoms with Crippen LogP contribution in [0.4, 0.5) is 10.1 Å². The van der Waals surface area contributed by atoms with Crippen molar-refractivity contribution in [1.29, 1.82) is 0 Å². The van der Waals surface area contributed by atoms with Crippen molar-refractivity contribution in [2.75, 3.05) is 5.32 Å². The van der Waals surface area contributed by atoms with Crippen LogP contribution in [0.1, 0.15) is 11.3 Å². The number of para-hydroxylation sites is 1. The Morgan fingerprint density at radius 2 is 2.00 bits per heavy atom. The fourth-order valence-corrected chi connectivity index (χ4v) is 2.86. The first-order valence-corrected chi connectivity index (χ1v) is 7.95. The van der Waals surface area contributed by atoms with Gasteiger partial charge >= 0.3 is 0 Å². The number of nitrogens with one attached hydrogen (secondary N) is 2. The summed E-state index contributed by atoms with van der Waals surface area (Å²) in [4.78, 5) is 8.48. The molecule has 2 aromatic heterocycles. The Kier molecular flexibility index (Phi) is 3.85. The van der Waals surface area contributed by atoms with E-state index in [2.05, 4.69) is 25.5 Å². The van der Waals surface area contributed by atoms with Crippen molar-refractivity contribution in [3.8, 4) is 11.4 Å². The highest BCUT2D eigenvalue weighted by Gasteiger charge is 2.08. The Morgan fingerprint density at radius 3 is 2.84 bits per heavy atom. The Labute approximate surface area is 144 Å². The van der Waals surface area contributed by atoms with Crippen LogP contribution in [0.15, 0.2) is 54.9 Å². The molecule has 0 aliphatic rings. The van der Waals surface area contributed by atoms with Crippen LogP contribution in [0.5, 0.6) is 0 Å². The van der Waals surface area contributed by atoms with Gasteiger partial charge in [-0.1, -0.05) is 30.3 Å². The molecule has 0 radical (unpaired) electrons. The van der Waals surface area contributed by atoms with E-state index in [9.17, 15) is 4.39 Å². The van der Waals surface area contributed by atoms with E-state index >= 15 is 0 Å². The fraction of sp³-hybridized carbons (Fsp3) is 0.105. The molecule has 0 amide bonds. The van der Waals surface area contributed by atoms with Gasteiger partial charge in [0.25, 0.3) is 0 Å². The first-order valence-electron chi connectivity index (χ1n) is 7.95. The Hall–Kier alpha value is -3.28. The van der Waals surface area contributed by atoms with E-state index in [0.717, 1.165) is 33.7 Å². The lowest BCUT2D eigenvalue weighted by atomic mass is 10.1. The lowest BCUT2D eigenvalue weighted by Gasteiger charge is -2.12. The first-order chi connectivity index (χ1) is 12.2. The number of H-pyrrole nitrogens is 1. The second kappa shape index (κ2) is 6.32. The monoisotopic (exact) mass is 333 g/mol. The van der Waals surface area contributed by atoms with Crippen LogP contribution in [0, 0.1) is 12.7 Å². The second-order valence-corrected chi connectivity index (χ2v) is 5.84. The summed E-state index contributed by atoms with van der Waals surface area (Å²) in [5.74, 6) is 0.422. The van der Waals surface area contributed by atoms with Gasteiger partial charge in [0, 0.05) is 28.9 Å². The van der Waals surface area contributed by atoms with Crippen LogP contribution in [0.2, 0.25) is 0 Å². The van der Waals surface area contributed by atoms with E-state index < -0.39 is 0 Å². The van der Waals surface area contributed by atoms with Crippen molar-refractivity contribution in [2.45, 2.75) is 13.5 Å². The second-order valence-electron chi connectivity index (χ2n) is 5.84. The third-order valence-corrected chi connectivity index (χ3v) is 4.02. The van der Waals surface area contributed by atoms with Gasteiger partial charge in [-0.25, -0.2) is 14.4 Å². The number of fused-ring (bicyclic) bond motifs is 1. The molecule has 0 aliphatic carbocycles. The minimum Gasteiger partial charge on any atom is -0.380 e. The molecule has 25 heavy (non-hydrogen) atoms. The third kappa shape index (κ3) is 3.06. The van der Waals surface area contributed by atoms with E-state index in [1.807, 2.05) is 43.3 Å². The zero-order valence-electron chi connectivity index (χ0n) is 13.6. The number of pyridine rings is 1. The number of aryl methyl sites for hydroxylation is 1. The molecule has 124 valence electrons. The molecular formula is C19H16FN5. The molecule has 2 aromatic carbocycles. The van der Waals surface area contributed by atoms with Gasteiger partial charge in [-0.2, -0.15) is 5.10 Å². The molecule has 5 nitrogen and oxygen atoms in total. The van der Waals surface area contributed by atoms with Crippen molar-refractivity contribution >= 4 is 16.6 Å². The summed E-state index contributed by atoms with van der Waals surface area (Å²) < 4.78 is 14.0. The molecule has 0 atom stereocenters. The van der Waals surface area contributed by atoms with Gasteiger partial charge in [-0.3, -0.25) is 5.10 Å². The maximum atomic E-state index is 14.0. The maximum Gasteiger partial charge on any atom is 0.155 e. The molecule has 0 bridgehead atoms. The van der Waals surface area contributed by atoms with E-state index in [1.165, 1.54) is 12.4 Å². The molecule has 0 saturated carbocycles. The minimum absolute atomic E-state index is 0.309. The quantitative estimate of drug-likeness (QED) is 0.590. The lowest BCUT2D eigenvalue weighted by Crippen LogP contribution is -2.02. The zero-order valence-corrected chi connectivity index (χ0v) is 13.6. The van der Waals surface area contributed by atoms with Crippen LogP contribution in [0.25, 0.3) is 22.3 Å². The van der Waals surface area contributed by atoms with Crippen molar-refractivity contribution < 1.29 is 4.39 Å². The zero-order chi connectivity index (χ0) is 17.2. The normalized spacial score (nSPS) is 11.0. The Balaban J connectivity index is 1.63. The SMILES string of the molecule is Cc1cc(NCc2cccc(-c3ncn[nH]3)c2)c2cccc(F)c2n1. The van der Waals surface area contributed by atoms with Gasteiger partial charge in [0.2, 0.25) is 0 Å². The molecule has 0 aliphatic heterocycles. The van der Waals surface area contributed by atoms with E-state index in [0.29, 0.717) is 12.1 Å². The largest absolute Gasteiger partial charge is 0.380 e. The van der Waals surface area contributed by atoms with Crippen LogP contribution in [-0.4, -0.2) is 20.2 Å².